The van der Waals surface area contributed by atoms with Crippen LogP contribution < -0.4 is 4.74 Å². The molecule has 0 atom stereocenters. The molecule has 0 aliphatic heterocycles. The quantitative estimate of drug-likeness (QED) is 0.329. The van der Waals surface area contributed by atoms with E-state index < -0.39 is 0 Å². The molecule has 0 aliphatic carbocycles. The first-order chi connectivity index (χ1) is 16.0. The number of rotatable bonds is 8. The molecule has 3 aromatic rings. The lowest BCUT2D eigenvalue weighted by Gasteiger charge is -2.14. The Balaban J connectivity index is 0.00000101. The topological polar surface area (TPSA) is 55.8 Å². The number of allylic oxidation sites excluding steroid dienone is 1. The van der Waals surface area contributed by atoms with Crippen molar-refractivity contribution in [2.24, 2.45) is 0 Å². The summed E-state index contributed by atoms with van der Waals surface area (Å²) >= 11 is 0. The third kappa shape index (κ3) is 8.68. The van der Waals surface area contributed by atoms with Gasteiger partial charge in [-0.15, -0.1) is 6.58 Å². The predicted octanol–water partition coefficient (Wildman–Crippen LogP) is 6.20. The fourth-order valence-electron chi connectivity index (χ4n) is 3.39. The molecule has 3 rings (SSSR count). The number of ether oxygens (including phenoxy) is 2. The van der Waals surface area contributed by atoms with Gasteiger partial charge in [0, 0.05) is 19.3 Å². The van der Waals surface area contributed by atoms with Crippen LogP contribution in [0.3, 0.4) is 0 Å². The number of carbonyl (C=O) groups excluding carboxylic acids is 1. The summed E-state index contributed by atoms with van der Waals surface area (Å²) in [5, 5.41) is 9.13. The standard InChI is InChI=1S/C25H28O3.C3H6.CH2O/c1-18-4-10-24(25(16-18)28-15-14-27-3)22-8-6-21(7-9-22)23-11-5-20(12-13-26)17-19(23)2;1-3-2;1-2/h4-11,16-17,26H,12-15H2,1-3H3;3H,1H2,2H3;1H2. The predicted molar refractivity (Wildman–Crippen MR) is 138 cm³/mol. The van der Waals surface area contributed by atoms with Gasteiger partial charge < -0.3 is 19.4 Å². The van der Waals surface area contributed by atoms with Crippen LogP contribution >= 0.6 is 0 Å². The zero-order valence-corrected chi connectivity index (χ0v) is 20.3. The van der Waals surface area contributed by atoms with Crippen molar-refractivity contribution >= 4 is 6.79 Å². The summed E-state index contributed by atoms with van der Waals surface area (Å²) in [6.07, 6.45) is 2.44. The maximum Gasteiger partial charge on any atom is 0.127 e. The monoisotopic (exact) mass is 448 g/mol. The minimum absolute atomic E-state index is 0.179. The van der Waals surface area contributed by atoms with Gasteiger partial charge in [-0.25, -0.2) is 0 Å². The molecule has 0 bridgehead atoms. The molecule has 0 saturated heterocycles. The van der Waals surface area contributed by atoms with Crippen LogP contribution in [0, 0.1) is 13.8 Å². The van der Waals surface area contributed by atoms with Crippen molar-refractivity contribution in [3.63, 3.8) is 0 Å². The second-order valence-electron chi connectivity index (χ2n) is 7.45. The van der Waals surface area contributed by atoms with Gasteiger partial charge in [-0.3, -0.25) is 0 Å². The summed E-state index contributed by atoms with van der Waals surface area (Å²) in [7, 11) is 1.68. The van der Waals surface area contributed by atoms with Gasteiger partial charge in [-0.05, 0) is 66.6 Å². The van der Waals surface area contributed by atoms with Gasteiger partial charge in [0.05, 0.1) is 6.61 Å². The van der Waals surface area contributed by atoms with Gasteiger partial charge in [-0.2, -0.15) is 0 Å². The molecule has 0 heterocycles. The molecular weight excluding hydrogens is 412 g/mol. The molecule has 1 N–H and O–H groups in total. The van der Waals surface area contributed by atoms with Crippen LogP contribution in [0.2, 0.25) is 0 Å². The molecule has 4 nitrogen and oxygen atoms in total. The fraction of sp³-hybridized carbons (Fsp3) is 0.276. The minimum Gasteiger partial charge on any atom is -0.491 e. The highest BCUT2D eigenvalue weighted by Crippen LogP contribution is 2.33. The Morgan fingerprint density at radius 1 is 0.879 bits per heavy atom. The Morgan fingerprint density at radius 2 is 1.45 bits per heavy atom. The Morgan fingerprint density at radius 3 is 2.00 bits per heavy atom. The van der Waals surface area contributed by atoms with Gasteiger partial charge in [0.25, 0.3) is 0 Å². The smallest absolute Gasteiger partial charge is 0.127 e. The molecular formula is C29H36O4. The average Bonchev–Trinajstić information content (AvgIpc) is 2.82. The third-order valence-corrected chi connectivity index (χ3v) is 4.88. The Kier molecular flexibility index (Phi) is 13.1. The van der Waals surface area contributed by atoms with Gasteiger partial charge in [0.2, 0.25) is 0 Å². The van der Waals surface area contributed by atoms with E-state index in [0.29, 0.717) is 19.6 Å². The van der Waals surface area contributed by atoms with Crippen molar-refractivity contribution in [1.29, 1.82) is 0 Å². The van der Waals surface area contributed by atoms with Gasteiger partial charge >= 0.3 is 0 Å². The summed E-state index contributed by atoms with van der Waals surface area (Å²) in [5.74, 6) is 0.884. The van der Waals surface area contributed by atoms with E-state index in [0.717, 1.165) is 22.4 Å². The zero-order chi connectivity index (χ0) is 24.6. The first-order valence-electron chi connectivity index (χ1n) is 10.9. The van der Waals surface area contributed by atoms with Crippen molar-refractivity contribution < 1.29 is 19.4 Å². The molecule has 0 unspecified atom stereocenters. The molecule has 4 heteroatoms. The number of aliphatic hydroxyl groups excluding tert-OH is 1. The van der Waals surface area contributed by atoms with Crippen LogP contribution in [-0.4, -0.2) is 38.8 Å². The lowest BCUT2D eigenvalue weighted by Crippen LogP contribution is -2.05. The first-order valence-corrected chi connectivity index (χ1v) is 10.9. The van der Waals surface area contributed by atoms with E-state index in [-0.39, 0.29) is 6.61 Å². The van der Waals surface area contributed by atoms with E-state index in [1.165, 1.54) is 22.3 Å². The van der Waals surface area contributed by atoms with E-state index >= 15 is 0 Å². The SMILES string of the molecule is C=CC.C=O.COCCOc1cc(C)ccc1-c1ccc(-c2ccc(CCO)cc2C)cc1. The Bertz CT molecular complexity index is 977. The summed E-state index contributed by atoms with van der Waals surface area (Å²) in [4.78, 5) is 8.00. The number of benzene rings is 3. The number of hydrogen-bond acceptors (Lipinski definition) is 4. The molecule has 33 heavy (non-hydrogen) atoms. The van der Waals surface area contributed by atoms with Crippen LogP contribution in [0.25, 0.3) is 22.3 Å². The first kappa shape index (κ1) is 27.8. The number of aryl methyl sites for hydroxylation is 2. The van der Waals surface area contributed by atoms with Crippen LogP contribution in [0.5, 0.6) is 5.75 Å². The highest BCUT2D eigenvalue weighted by molar-refractivity contribution is 5.75. The second-order valence-corrected chi connectivity index (χ2v) is 7.45. The van der Waals surface area contributed by atoms with E-state index in [4.69, 9.17) is 19.4 Å². The van der Waals surface area contributed by atoms with Crippen LogP contribution in [0.15, 0.2) is 73.3 Å². The van der Waals surface area contributed by atoms with Gasteiger partial charge in [0.1, 0.15) is 19.1 Å². The summed E-state index contributed by atoms with van der Waals surface area (Å²) in [6.45, 7) is 12.7. The summed E-state index contributed by atoms with van der Waals surface area (Å²) < 4.78 is 11.0. The second kappa shape index (κ2) is 15.6. The fourth-order valence-corrected chi connectivity index (χ4v) is 3.39. The van der Waals surface area contributed by atoms with Crippen molar-refractivity contribution in [2.45, 2.75) is 27.2 Å². The molecule has 3 aromatic carbocycles. The van der Waals surface area contributed by atoms with Crippen molar-refractivity contribution in [2.75, 3.05) is 26.9 Å². The average molecular weight is 449 g/mol. The van der Waals surface area contributed by atoms with E-state index in [1.54, 1.807) is 13.2 Å². The molecule has 0 saturated carbocycles. The summed E-state index contributed by atoms with van der Waals surface area (Å²) in [6, 6.07) is 21.3. The van der Waals surface area contributed by atoms with Crippen molar-refractivity contribution in [3.05, 3.63) is 90.0 Å². The maximum absolute atomic E-state index is 9.13. The molecule has 0 aromatic heterocycles. The minimum atomic E-state index is 0.179. The number of hydrogen-bond donors (Lipinski definition) is 1. The molecule has 0 amide bonds. The van der Waals surface area contributed by atoms with E-state index in [2.05, 4.69) is 81.1 Å². The lowest BCUT2D eigenvalue weighted by molar-refractivity contribution is -0.0979. The number of aliphatic hydroxyl groups is 1. The van der Waals surface area contributed by atoms with Crippen molar-refractivity contribution in [3.8, 4) is 28.0 Å². The van der Waals surface area contributed by atoms with Crippen LogP contribution in [0.4, 0.5) is 0 Å². The van der Waals surface area contributed by atoms with Gasteiger partial charge in [0.15, 0.2) is 0 Å². The maximum atomic E-state index is 9.13. The normalized spacial score (nSPS) is 9.73. The highest BCUT2D eigenvalue weighted by atomic mass is 16.5. The zero-order valence-electron chi connectivity index (χ0n) is 20.3. The third-order valence-electron chi connectivity index (χ3n) is 4.88. The Hall–Kier alpha value is -3.21. The molecule has 0 aliphatic rings. The number of methoxy groups -OCH3 is 1. The highest BCUT2D eigenvalue weighted by Gasteiger charge is 2.09. The van der Waals surface area contributed by atoms with Crippen LogP contribution in [0.1, 0.15) is 23.6 Å². The molecule has 0 fully saturated rings. The van der Waals surface area contributed by atoms with E-state index in [1.807, 2.05) is 13.7 Å². The molecule has 0 radical (unpaired) electrons. The van der Waals surface area contributed by atoms with Crippen molar-refractivity contribution in [1.82, 2.24) is 0 Å². The molecule has 176 valence electrons. The summed E-state index contributed by atoms with van der Waals surface area (Å²) in [5.41, 5.74) is 8.18. The Labute approximate surface area is 198 Å². The molecule has 0 spiro atoms. The van der Waals surface area contributed by atoms with E-state index in [9.17, 15) is 0 Å². The lowest BCUT2D eigenvalue weighted by atomic mass is 9.95. The number of carbonyl (C=O) groups is 1. The van der Waals surface area contributed by atoms with Crippen LogP contribution in [-0.2, 0) is 16.0 Å². The largest absolute Gasteiger partial charge is 0.491 e. The van der Waals surface area contributed by atoms with Gasteiger partial charge in [-0.1, -0.05) is 60.7 Å².